The standard InChI is InChI=1S/C24H31N5O2/c1-15(2)9-21-12-22(23-26-25-18(5)31-23)27-29(21)20-8-6-7-19(11-20)24(30)28-13-16(3)10-17(4)14-28/h6-8,11-12,15-17H,9-10,13-14H2,1-5H3/t16-,17-/m0/s1. The molecule has 0 radical (unpaired) electrons. The van der Waals surface area contributed by atoms with Crippen molar-refractivity contribution in [1.29, 1.82) is 0 Å². The first-order valence-electron chi connectivity index (χ1n) is 11.1. The van der Waals surface area contributed by atoms with Crippen molar-refractivity contribution in [2.75, 3.05) is 13.1 Å². The van der Waals surface area contributed by atoms with E-state index in [-0.39, 0.29) is 5.91 Å². The maximum atomic E-state index is 13.2. The second-order valence-electron chi connectivity index (χ2n) is 9.36. The van der Waals surface area contributed by atoms with Gasteiger partial charge in [-0.05, 0) is 54.9 Å². The second kappa shape index (κ2) is 8.65. The maximum absolute atomic E-state index is 13.2. The van der Waals surface area contributed by atoms with Gasteiger partial charge >= 0.3 is 0 Å². The number of hydrogen-bond acceptors (Lipinski definition) is 5. The van der Waals surface area contributed by atoms with Crippen molar-refractivity contribution in [3.8, 4) is 17.3 Å². The number of piperidine rings is 1. The van der Waals surface area contributed by atoms with E-state index in [1.807, 2.05) is 39.9 Å². The fraction of sp³-hybridized carbons (Fsp3) is 0.500. The molecule has 0 saturated carbocycles. The number of amides is 1. The molecule has 1 amide bonds. The average molecular weight is 422 g/mol. The highest BCUT2D eigenvalue weighted by Gasteiger charge is 2.26. The molecule has 2 atom stereocenters. The van der Waals surface area contributed by atoms with Gasteiger partial charge in [0.05, 0.1) is 5.69 Å². The van der Waals surface area contributed by atoms with Crippen molar-refractivity contribution in [2.45, 2.75) is 47.5 Å². The Morgan fingerprint density at radius 3 is 2.55 bits per heavy atom. The largest absolute Gasteiger partial charge is 0.420 e. The second-order valence-corrected chi connectivity index (χ2v) is 9.36. The van der Waals surface area contributed by atoms with Crippen LogP contribution in [0.4, 0.5) is 0 Å². The first kappa shape index (κ1) is 21.3. The van der Waals surface area contributed by atoms with Crippen molar-refractivity contribution in [3.05, 3.63) is 47.5 Å². The third-order valence-electron chi connectivity index (χ3n) is 5.64. The zero-order chi connectivity index (χ0) is 22.1. The molecule has 1 saturated heterocycles. The lowest BCUT2D eigenvalue weighted by Crippen LogP contribution is -2.42. The summed E-state index contributed by atoms with van der Waals surface area (Å²) in [6.45, 7) is 12.2. The Labute approximate surface area is 183 Å². The van der Waals surface area contributed by atoms with Crippen LogP contribution in [-0.4, -0.2) is 43.9 Å². The normalized spacial score (nSPS) is 19.2. The molecule has 4 rings (SSSR count). The van der Waals surface area contributed by atoms with Gasteiger partial charge in [-0.2, -0.15) is 5.10 Å². The number of carbonyl (C=O) groups excluding carboxylic acids is 1. The molecule has 164 valence electrons. The van der Waals surface area contributed by atoms with E-state index in [9.17, 15) is 4.79 Å². The smallest absolute Gasteiger partial charge is 0.268 e. The molecular weight excluding hydrogens is 390 g/mol. The van der Waals surface area contributed by atoms with Crippen LogP contribution in [0.3, 0.4) is 0 Å². The van der Waals surface area contributed by atoms with Crippen LogP contribution in [0.5, 0.6) is 0 Å². The summed E-state index contributed by atoms with van der Waals surface area (Å²) in [5, 5.41) is 12.8. The van der Waals surface area contributed by atoms with Crippen LogP contribution in [0.25, 0.3) is 17.3 Å². The van der Waals surface area contributed by atoms with Crippen molar-refractivity contribution in [2.24, 2.45) is 17.8 Å². The van der Waals surface area contributed by atoms with Crippen molar-refractivity contribution in [3.63, 3.8) is 0 Å². The molecule has 1 aliphatic rings. The fourth-order valence-electron chi connectivity index (χ4n) is 4.49. The van der Waals surface area contributed by atoms with Crippen LogP contribution in [-0.2, 0) is 6.42 Å². The van der Waals surface area contributed by atoms with Crippen LogP contribution >= 0.6 is 0 Å². The molecule has 2 aromatic heterocycles. The van der Waals surface area contributed by atoms with E-state index in [4.69, 9.17) is 9.52 Å². The third kappa shape index (κ3) is 4.70. The van der Waals surface area contributed by atoms with Gasteiger partial charge in [0, 0.05) is 31.3 Å². The predicted molar refractivity (Wildman–Crippen MR) is 119 cm³/mol. The number of likely N-dealkylation sites (tertiary alicyclic amines) is 1. The summed E-state index contributed by atoms with van der Waals surface area (Å²) < 4.78 is 7.48. The van der Waals surface area contributed by atoms with Crippen LogP contribution in [0.15, 0.2) is 34.7 Å². The highest BCUT2D eigenvalue weighted by atomic mass is 16.4. The molecule has 1 aliphatic heterocycles. The fourth-order valence-corrected chi connectivity index (χ4v) is 4.49. The van der Waals surface area contributed by atoms with Crippen LogP contribution < -0.4 is 0 Å². The lowest BCUT2D eigenvalue weighted by molar-refractivity contribution is 0.0623. The Bertz CT molecular complexity index is 1060. The number of hydrogen-bond donors (Lipinski definition) is 0. The Morgan fingerprint density at radius 2 is 1.90 bits per heavy atom. The average Bonchev–Trinajstić information content (AvgIpc) is 3.32. The Kier molecular flexibility index (Phi) is 5.94. The summed E-state index contributed by atoms with van der Waals surface area (Å²) in [7, 11) is 0. The predicted octanol–water partition coefficient (Wildman–Crippen LogP) is 4.55. The molecule has 1 aromatic carbocycles. The zero-order valence-electron chi connectivity index (χ0n) is 19.0. The summed E-state index contributed by atoms with van der Waals surface area (Å²) in [5.74, 6) is 2.51. The Hall–Kier alpha value is -2.96. The lowest BCUT2D eigenvalue weighted by atomic mass is 9.91. The van der Waals surface area contributed by atoms with Gasteiger partial charge in [-0.15, -0.1) is 10.2 Å². The minimum atomic E-state index is 0.0885. The third-order valence-corrected chi connectivity index (χ3v) is 5.64. The van der Waals surface area contributed by atoms with Crippen LogP contribution in [0.2, 0.25) is 0 Å². The summed E-state index contributed by atoms with van der Waals surface area (Å²) in [5.41, 5.74) is 3.25. The summed E-state index contributed by atoms with van der Waals surface area (Å²) in [6.07, 6.45) is 2.02. The molecule has 0 spiro atoms. The number of nitrogens with zero attached hydrogens (tertiary/aromatic N) is 5. The number of aromatic nitrogens is 4. The van der Waals surface area contributed by atoms with Gasteiger partial charge in [0.25, 0.3) is 11.8 Å². The van der Waals surface area contributed by atoms with Gasteiger partial charge in [0.1, 0.15) is 5.69 Å². The number of rotatable bonds is 5. The van der Waals surface area contributed by atoms with Crippen LogP contribution in [0, 0.1) is 24.7 Å². The van der Waals surface area contributed by atoms with E-state index in [2.05, 4.69) is 37.9 Å². The first-order valence-corrected chi connectivity index (χ1v) is 11.1. The molecule has 0 aliphatic carbocycles. The molecule has 1 fully saturated rings. The molecule has 0 bridgehead atoms. The molecule has 31 heavy (non-hydrogen) atoms. The van der Waals surface area contributed by atoms with E-state index >= 15 is 0 Å². The SMILES string of the molecule is Cc1nnc(-c2cc(CC(C)C)n(-c3cccc(C(=O)N4C[C@@H](C)C[C@H](C)C4)c3)n2)o1. The van der Waals surface area contributed by atoms with Crippen molar-refractivity contribution < 1.29 is 9.21 Å². The van der Waals surface area contributed by atoms with Gasteiger partial charge in [-0.1, -0.05) is 33.8 Å². The maximum Gasteiger partial charge on any atom is 0.268 e. The van der Waals surface area contributed by atoms with Gasteiger partial charge in [0.15, 0.2) is 0 Å². The molecule has 0 N–H and O–H groups in total. The van der Waals surface area contributed by atoms with E-state index < -0.39 is 0 Å². The van der Waals surface area contributed by atoms with Gasteiger partial charge in [-0.3, -0.25) is 4.79 Å². The molecule has 7 heteroatoms. The monoisotopic (exact) mass is 421 g/mol. The molecule has 3 heterocycles. The number of aryl methyl sites for hydroxylation is 1. The topological polar surface area (TPSA) is 77.1 Å². The van der Waals surface area contributed by atoms with E-state index in [1.165, 1.54) is 6.42 Å². The number of benzene rings is 1. The molecular formula is C24H31N5O2. The van der Waals surface area contributed by atoms with Crippen molar-refractivity contribution in [1.82, 2.24) is 24.9 Å². The minimum absolute atomic E-state index is 0.0885. The Morgan fingerprint density at radius 1 is 1.16 bits per heavy atom. The molecule has 7 nitrogen and oxygen atoms in total. The van der Waals surface area contributed by atoms with Crippen LogP contribution in [0.1, 0.15) is 56.1 Å². The highest BCUT2D eigenvalue weighted by molar-refractivity contribution is 5.94. The summed E-state index contributed by atoms with van der Waals surface area (Å²) >= 11 is 0. The summed E-state index contributed by atoms with van der Waals surface area (Å²) in [6, 6.07) is 9.74. The van der Waals surface area contributed by atoms with Gasteiger partial charge < -0.3 is 9.32 Å². The highest BCUT2D eigenvalue weighted by Crippen LogP contribution is 2.25. The minimum Gasteiger partial charge on any atom is -0.420 e. The van der Waals surface area contributed by atoms with E-state index in [0.717, 1.165) is 30.9 Å². The quantitative estimate of drug-likeness (QED) is 0.604. The molecule has 0 unspecified atom stereocenters. The van der Waals surface area contributed by atoms with Crippen molar-refractivity contribution >= 4 is 5.91 Å². The molecule has 3 aromatic rings. The van der Waals surface area contributed by atoms with E-state index in [1.54, 1.807) is 6.92 Å². The summed E-state index contributed by atoms with van der Waals surface area (Å²) in [4.78, 5) is 15.2. The van der Waals surface area contributed by atoms with Gasteiger partial charge in [0.2, 0.25) is 5.89 Å². The Balaban J connectivity index is 1.68. The number of carbonyl (C=O) groups is 1. The first-order chi connectivity index (χ1) is 14.8. The zero-order valence-corrected chi connectivity index (χ0v) is 19.0. The van der Waals surface area contributed by atoms with E-state index in [0.29, 0.717) is 40.8 Å². The van der Waals surface area contributed by atoms with Gasteiger partial charge in [-0.25, -0.2) is 4.68 Å². The lowest BCUT2D eigenvalue weighted by Gasteiger charge is -2.35.